The fraction of sp³-hybridized carbons (Fsp3) is 0.727. The fourth-order valence-corrected chi connectivity index (χ4v) is 2.22. The number of hydrogen-bond acceptors (Lipinski definition) is 4. The molecule has 0 aromatic carbocycles. The van der Waals surface area contributed by atoms with Gasteiger partial charge in [-0.05, 0) is 6.92 Å². The van der Waals surface area contributed by atoms with Crippen molar-refractivity contribution in [1.29, 1.82) is 0 Å². The van der Waals surface area contributed by atoms with Crippen molar-refractivity contribution >= 4 is 17.8 Å². The molecule has 2 heterocycles. The minimum atomic E-state index is -0.392. The van der Waals surface area contributed by atoms with Crippen LogP contribution in [0.25, 0.3) is 0 Å². The molecule has 0 saturated carbocycles. The maximum Gasteiger partial charge on any atom is 0.327 e. The molecule has 0 radical (unpaired) electrons. The highest BCUT2D eigenvalue weighted by Gasteiger charge is 2.36. The van der Waals surface area contributed by atoms with Crippen molar-refractivity contribution in [2.45, 2.75) is 13.0 Å². The summed E-state index contributed by atoms with van der Waals surface area (Å²) in [7, 11) is 1.55. The smallest absolute Gasteiger partial charge is 0.327 e. The predicted molar refractivity (Wildman–Crippen MR) is 63.8 cm³/mol. The molecular weight excluding hydrogens is 236 g/mol. The van der Waals surface area contributed by atoms with Crippen molar-refractivity contribution < 1.29 is 14.4 Å². The molecule has 2 aliphatic rings. The Kier molecular flexibility index (Phi) is 3.51. The first-order valence-corrected chi connectivity index (χ1v) is 6.05. The minimum Gasteiger partial charge on any atom is -0.338 e. The average molecular weight is 254 g/mol. The summed E-state index contributed by atoms with van der Waals surface area (Å²) in [5.74, 6) is -0.473. The lowest BCUT2D eigenvalue weighted by Crippen LogP contribution is -2.54. The molecule has 0 aromatic heterocycles. The van der Waals surface area contributed by atoms with E-state index in [2.05, 4.69) is 5.32 Å². The quantitative estimate of drug-likeness (QED) is 0.622. The summed E-state index contributed by atoms with van der Waals surface area (Å²) < 4.78 is 0. The molecule has 100 valence electrons. The average Bonchev–Trinajstić information content (AvgIpc) is 2.56. The van der Waals surface area contributed by atoms with Crippen molar-refractivity contribution in [1.82, 2.24) is 20.0 Å². The van der Waals surface area contributed by atoms with Gasteiger partial charge in [-0.25, -0.2) is 4.79 Å². The van der Waals surface area contributed by atoms with Crippen LogP contribution in [0.5, 0.6) is 0 Å². The van der Waals surface area contributed by atoms with Crippen molar-refractivity contribution in [3.8, 4) is 0 Å². The second-order valence-electron chi connectivity index (χ2n) is 4.81. The largest absolute Gasteiger partial charge is 0.338 e. The number of rotatable bonds is 2. The Morgan fingerprint density at radius 2 is 2.17 bits per heavy atom. The second-order valence-corrected chi connectivity index (χ2v) is 4.81. The van der Waals surface area contributed by atoms with Gasteiger partial charge in [0.1, 0.15) is 13.1 Å². The number of nitrogens with one attached hydrogen (secondary N) is 1. The number of carbonyl (C=O) groups excluding carboxylic acids is 3. The van der Waals surface area contributed by atoms with Gasteiger partial charge in [0.2, 0.25) is 5.91 Å². The van der Waals surface area contributed by atoms with Gasteiger partial charge in [0.05, 0.1) is 0 Å². The van der Waals surface area contributed by atoms with Crippen LogP contribution in [0.2, 0.25) is 0 Å². The molecule has 0 aromatic rings. The number of amides is 4. The maximum absolute atomic E-state index is 12.0. The number of hydrogen-bond donors (Lipinski definition) is 1. The first-order valence-electron chi connectivity index (χ1n) is 6.05. The van der Waals surface area contributed by atoms with Gasteiger partial charge in [-0.15, -0.1) is 0 Å². The third kappa shape index (κ3) is 2.45. The predicted octanol–water partition coefficient (Wildman–Crippen LogP) is -1.30. The summed E-state index contributed by atoms with van der Waals surface area (Å²) in [5, 5.41) is 3.24. The number of imide groups is 1. The van der Waals surface area contributed by atoms with E-state index >= 15 is 0 Å². The van der Waals surface area contributed by atoms with Crippen LogP contribution >= 0.6 is 0 Å². The van der Waals surface area contributed by atoms with Gasteiger partial charge in [-0.2, -0.15) is 0 Å². The van der Waals surface area contributed by atoms with E-state index in [0.29, 0.717) is 13.1 Å². The summed E-state index contributed by atoms with van der Waals surface area (Å²) >= 11 is 0. The zero-order chi connectivity index (χ0) is 13.3. The van der Waals surface area contributed by atoms with Gasteiger partial charge in [-0.1, -0.05) is 0 Å². The van der Waals surface area contributed by atoms with Gasteiger partial charge < -0.3 is 15.1 Å². The topological polar surface area (TPSA) is 73.0 Å². The highest BCUT2D eigenvalue weighted by molar-refractivity contribution is 6.04. The summed E-state index contributed by atoms with van der Waals surface area (Å²) in [4.78, 5) is 39.3. The maximum atomic E-state index is 12.0. The number of carbonyl (C=O) groups is 3. The summed E-state index contributed by atoms with van der Waals surface area (Å²) in [6.45, 7) is 3.90. The van der Waals surface area contributed by atoms with E-state index in [4.69, 9.17) is 0 Å². The Balaban J connectivity index is 1.95. The lowest BCUT2D eigenvalue weighted by molar-refractivity contribution is -0.137. The van der Waals surface area contributed by atoms with Crippen LogP contribution in [-0.4, -0.2) is 78.4 Å². The lowest BCUT2D eigenvalue weighted by atomic mass is 10.2. The van der Waals surface area contributed by atoms with Gasteiger partial charge in [0.15, 0.2) is 0 Å². The van der Waals surface area contributed by atoms with E-state index in [1.54, 1.807) is 11.9 Å². The lowest BCUT2D eigenvalue weighted by Gasteiger charge is -2.32. The zero-order valence-corrected chi connectivity index (χ0v) is 10.7. The van der Waals surface area contributed by atoms with E-state index in [0.717, 1.165) is 11.4 Å². The molecule has 0 bridgehead atoms. The Hall–Kier alpha value is -1.63. The number of nitrogens with zero attached hydrogens (tertiary/aromatic N) is 3. The Labute approximate surface area is 106 Å². The number of likely N-dealkylation sites (N-methyl/N-ethyl adjacent to an activating group) is 1. The highest BCUT2D eigenvalue weighted by atomic mass is 16.2. The molecule has 1 atom stereocenters. The molecule has 0 spiro atoms. The molecule has 2 saturated heterocycles. The van der Waals surface area contributed by atoms with Crippen molar-refractivity contribution in [2.75, 3.05) is 39.8 Å². The summed E-state index contributed by atoms with van der Waals surface area (Å²) in [5.41, 5.74) is 0. The van der Waals surface area contributed by atoms with Gasteiger partial charge in [-0.3, -0.25) is 14.5 Å². The minimum absolute atomic E-state index is 0.0596. The third-order valence-corrected chi connectivity index (χ3v) is 3.25. The van der Waals surface area contributed by atoms with E-state index in [-0.39, 0.29) is 30.9 Å². The second kappa shape index (κ2) is 4.93. The summed E-state index contributed by atoms with van der Waals surface area (Å²) in [6.07, 6.45) is 0. The zero-order valence-electron chi connectivity index (χ0n) is 10.7. The van der Waals surface area contributed by atoms with Gasteiger partial charge >= 0.3 is 6.03 Å². The van der Waals surface area contributed by atoms with Crippen LogP contribution in [0.15, 0.2) is 0 Å². The van der Waals surface area contributed by atoms with E-state index in [1.165, 1.54) is 4.90 Å². The normalized spacial score (nSPS) is 25.0. The molecule has 7 nitrogen and oxygen atoms in total. The van der Waals surface area contributed by atoms with Crippen LogP contribution in [0.3, 0.4) is 0 Å². The molecule has 2 aliphatic heterocycles. The van der Waals surface area contributed by atoms with Gasteiger partial charge in [0, 0.05) is 32.7 Å². The molecule has 1 unspecified atom stereocenters. The van der Waals surface area contributed by atoms with Gasteiger partial charge in [0.25, 0.3) is 5.91 Å². The standard InChI is InChI=1S/C11H18N4O3/c1-8-5-14(4-3-12-8)9(16)7-15-10(17)6-13(2)11(15)18/h8,12H,3-7H2,1-2H3. The van der Waals surface area contributed by atoms with Crippen molar-refractivity contribution in [3.05, 3.63) is 0 Å². The SMILES string of the molecule is CC1CN(C(=O)CN2C(=O)CN(C)C2=O)CCN1. The van der Waals surface area contributed by atoms with Crippen LogP contribution in [0, 0.1) is 0 Å². The van der Waals surface area contributed by atoms with Crippen molar-refractivity contribution in [2.24, 2.45) is 0 Å². The van der Waals surface area contributed by atoms with E-state index in [9.17, 15) is 14.4 Å². The molecule has 18 heavy (non-hydrogen) atoms. The Morgan fingerprint density at radius 1 is 1.44 bits per heavy atom. The third-order valence-electron chi connectivity index (χ3n) is 3.25. The van der Waals surface area contributed by atoms with Crippen LogP contribution < -0.4 is 5.32 Å². The molecule has 2 rings (SSSR count). The monoisotopic (exact) mass is 254 g/mol. The highest BCUT2D eigenvalue weighted by Crippen LogP contribution is 2.09. The van der Waals surface area contributed by atoms with Crippen LogP contribution in [0.4, 0.5) is 4.79 Å². The van der Waals surface area contributed by atoms with Crippen LogP contribution in [0.1, 0.15) is 6.92 Å². The molecule has 0 aliphatic carbocycles. The molecule has 1 N–H and O–H groups in total. The molecular formula is C11H18N4O3. The van der Waals surface area contributed by atoms with Crippen molar-refractivity contribution in [3.63, 3.8) is 0 Å². The first-order chi connectivity index (χ1) is 8.49. The number of piperazine rings is 1. The summed E-state index contributed by atoms with van der Waals surface area (Å²) in [6, 6.07) is -0.146. The van der Waals surface area contributed by atoms with E-state index < -0.39 is 6.03 Å². The fourth-order valence-electron chi connectivity index (χ4n) is 2.22. The molecule has 4 amide bonds. The molecule has 2 fully saturated rings. The first kappa shape index (κ1) is 12.8. The molecule has 7 heteroatoms. The Morgan fingerprint density at radius 3 is 2.72 bits per heavy atom. The Bertz CT molecular complexity index is 384. The van der Waals surface area contributed by atoms with Crippen LogP contribution in [-0.2, 0) is 9.59 Å². The van der Waals surface area contributed by atoms with E-state index in [1.807, 2.05) is 6.92 Å². The number of urea groups is 1.